The van der Waals surface area contributed by atoms with Crippen LogP contribution < -0.4 is 5.30 Å². The van der Waals surface area contributed by atoms with Crippen LogP contribution in [0.2, 0.25) is 0 Å². The summed E-state index contributed by atoms with van der Waals surface area (Å²) in [6, 6.07) is 31.4. The Hall–Kier alpha value is -2.43. The van der Waals surface area contributed by atoms with Crippen LogP contribution >= 0.6 is 7.92 Å². The molecule has 0 bridgehead atoms. The molecule has 4 aromatic carbocycles. The maximum atomic E-state index is 2.41. The summed E-state index contributed by atoms with van der Waals surface area (Å²) >= 11 is 0. The second kappa shape index (κ2) is 6.38. The van der Waals surface area contributed by atoms with Gasteiger partial charge in [0.25, 0.3) is 0 Å². The quantitative estimate of drug-likeness (QED) is 0.355. The molecule has 0 aromatic heterocycles. The van der Waals surface area contributed by atoms with Gasteiger partial charge in [0.15, 0.2) is 0 Å². The van der Waals surface area contributed by atoms with E-state index in [-0.39, 0.29) is 7.92 Å². The van der Waals surface area contributed by atoms with Crippen LogP contribution in [-0.4, -0.2) is 0 Å². The smallest absolute Gasteiger partial charge is 0.00232 e. The van der Waals surface area contributed by atoms with Crippen molar-refractivity contribution in [1.82, 2.24) is 0 Å². The van der Waals surface area contributed by atoms with Crippen LogP contribution in [0.1, 0.15) is 16.7 Å². The maximum Gasteiger partial charge on any atom is -0.00232 e. The Kier molecular flexibility index (Phi) is 3.88. The molecule has 1 aliphatic heterocycles. The fraction of sp³-hybridized carbons (Fsp3) is 0.120. The molecule has 0 spiro atoms. The fourth-order valence-corrected chi connectivity index (χ4v) is 6.90. The lowest BCUT2D eigenvalue weighted by Gasteiger charge is -2.28. The fourth-order valence-electron chi connectivity index (χ4n) is 4.27. The van der Waals surface area contributed by atoms with E-state index in [4.69, 9.17) is 0 Å². The molecule has 26 heavy (non-hydrogen) atoms. The van der Waals surface area contributed by atoms with Crippen LogP contribution in [0, 0.1) is 6.92 Å². The van der Waals surface area contributed by atoms with Gasteiger partial charge in [-0.05, 0) is 57.6 Å². The van der Waals surface area contributed by atoms with Crippen molar-refractivity contribution >= 4 is 24.0 Å². The zero-order valence-corrected chi connectivity index (χ0v) is 15.8. The highest BCUT2D eigenvalue weighted by Gasteiger charge is 2.23. The van der Waals surface area contributed by atoms with E-state index in [2.05, 4.69) is 91.9 Å². The topological polar surface area (TPSA) is 0 Å². The number of aryl methyl sites for hydroxylation is 1. The number of hydrogen-bond acceptors (Lipinski definition) is 0. The van der Waals surface area contributed by atoms with E-state index in [1.165, 1.54) is 56.2 Å². The lowest BCUT2D eigenvalue weighted by Crippen LogP contribution is -2.12. The molecule has 1 aliphatic rings. The first-order valence-electron chi connectivity index (χ1n) is 9.20. The third kappa shape index (κ3) is 2.66. The molecule has 1 unspecified atom stereocenters. The summed E-state index contributed by atoms with van der Waals surface area (Å²) in [6.45, 7) is 2.22. The molecule has 0 N–H and O–H groups in total. The minimum Gasteiger partial charge on any atom is -0.0656 e. The van der Waals surface area contributed by atoms with Crippen LogP contribution in [-0.2, 0) is 12.3 Å². The Labute approximate surface area is 156 Å². The third-order valence-electron chi connectivity index (χ3n) is 5.34. The molecule has 0 radical (unpaired) electrons. The van der Waals surface area contributed by atoms with Crippen molar-refractivity contribution in [3.05, 3.63) is 102 Å². The molecular weight excluding hydrogens is 331 g/mol. The van der Waals surface area contributed by atoms with Crippen LogP contribution in [0.3, 0.4) is 0 Å². The summed E-state index contributed by atoms with van der Waals surface area (Å²) < 4.78 is 0. The van der Waals surface area contributed by atoms with Gasteiger partial charge in [-0.1, -0.05) is 98.4 Å². The molecule has 0 fully saturated rings. The minimum atomic E-state index is -0.236. The van der Waals surface area contributed by atoms with Crippen LogP contribution in [0.25, 0.3) is 21.9 Å². The van der Waals surface area contributed by atoms with E-state index in [0.29, 0.717) is 0 Å². The number of benzene rings is 4. The zero-order valence-electron chi connectivity index (χ0n) is 14.9. The molecule has 4 aromatic rings. The van der Waals surface area contributed by atoms with Crippen molar-refractivity contribution in [3.8, 4) is 11.1 Å². The van der Waals surface area contributed by atoms with Gasteiger partial charge < -0.3 is 0 Å². The molecule has 1 atom stereocenters. The number of hydrogen-bond donors (Lipinski definition) is 0. The van der Waals surface area contributed by atoms with E-state index >= 15 is 0 Å². The lowest BCUT2D eigenvalue weighted by atomic mass is 9.98. The Balaban J connectivity index is 1.64. The molecule has 0 nitrogen and oxygen atoms in total. The molecule has 0 aliphatic carbocycles. The van der Waals surface area contributed by atoms with Gasteiger partial charge in [0, 0.05) is 0 Å². The van der Waals surface area contributed by atoms with Crippen LogP contribution in [0.4, 0.5) is 0 Å². The first-order valence-corrected chi connectivity index (χ1v) is 10.9. The van der Waals surface area contributed by atoms with E-state index in [0.717, 1.165) is 0 Å². The Morgan fingerprint density at radius 3 is 2.35 bits per heavy atom. The monoisotopic (exact) mass is 352 g/mol. The van der Waals surface area contributed by atoms with Crippen molar-refractivity contribution in [1.29, 1.82) is 0 Å². The van der Waals surface area contributed by atoms with Crippen molar-refractivity contribution in [2.24, 2.45) is 0 Å². The highest BCUT2D eigenvalue weighted by atomic mass is 31.1. The molecule has 5 rings (SSSR count). The normalized spacial score (nSPS) is 16.0. The Morgan fingerprint density at radius 2 is 1.46 bits per heavy atom. The van der Waals surface area contributed by atoms with Crippen molar-refractivity contribution in [3.63, 3.8) is 0 Å². The standard InChI is InChI=1S/C25H21P/c1-18-14-20-10-7-11-21-16-26(17-22(15-18)25(20)21)24-13-6-5-12-23(24)19-8-3-2-4-9-19/h2-15H,16-17H2,1H3. The third-order valence-corrected chi connectivity index (χ3v) is 7.86. The van der Waals surface area contributed by atoms with Gasteiger partial charge >= 0.3 is 0 Å². The predicted octanol–water partition coefficient (Wildman–Crippen LogP) is 6.64. The average molecular weight is 352 g/mol. The lowest BCUT2D eigenvalue weighted by molar-refractivity contribution is 1.29. The van der Waals surface area contributed by atoms with Gasteiger partial charge in [-0.2, -0.15) is 0 Å². The first kappa shape index (κ1) is 15.8. The van der Waals surface area contributed by atoms with Crippen LogP contribution in [0.15, 0.2) is 84.9 Å². The largest absolute Gasteiger partial charge is 0.0656 e. The average Bonchev–Trinajstić information content (AvgIpc) is 2.68. The molecule has 0 amide bonds. The highest BCUT2D eigenvalue weighted by Crippen LogP contribution is 2.51. The molecule has 1 heterocycles. The molecule has 126 valence electrons. The second-order valence-corrected chi connectivity index (χ2v) is 9.37. The summed E-state index contributed by atoms with van der Waals surface area (Å²) in [4.78, 5) is 0. The summed E-state index contributed by atoms with van der Waals surface area (Å²) in [5.74, 6) is 0. The van der Waals surface area contributed by atoms with Crippen molar-refractivity contribution in [2.75, 3.05) is 0 Å². The maximum absolute atomic E-state index is 2.41. The highest BCUT2D eigenvalue weighted by molar-refractivity contribution is 7.64. The second-order valence-electron chi connectivity index (χ2n) is 7.18. The van der Waals surface area contributed by atoms with Gasteiger partial charge in [-0.3, -0.25) is 0 Å². The summed E-state index contributed by atoms with van der Waals surface area (Å²) in [5, 5.41) is 4.45. The first-order chi connectivity index (χ1) is 12.8. The van der Waals surface area contributed by atoms with E-state index in [1.807, 2.05) is 0 Å². The zero-order chi connectivity index (χ0) is 17.5. The summed E-state index contributed by atoms with van der Waals surface area (Å²) in [5.41, 5.74) is 7.17. The van der Waals surface area contributed by atoms with Crippen LogP contribution in [0.5, 0.6) is 0 Å². The van der Waals surface area contributed by atoms with Crippen molar-refractivity contribution < 1.29 is 0 Å². The molecule has 1 heteroatoms. The van der Waals surface area contributed by atoms with Gasteiger partial charge in [-0.25, -0.2) is 0 Å². The minimum absolute atomic E-state index is 0.236. The Bertz CT molecular complexity index is 1100. The van der Waals surface area contributed by atoms with Gasteiger partial charge in [0.05, 0.1) is 0 Å². The summed E-state index contributed by atoms with van der Waals surface area (Å²) in [6.07, 6.45) is 2.38. The van der Waals surface area contributed by atoms with E-state index in [1.54, 1.807) is 0 Å². The van der Waals surface area contributed by atoms with Gasteiger partial charge in [0.1, 0.15) is 0 Å². The van der Waals surface area contributed by atoms with Gasteiger partial charge in [-0.15, -0.1) is 0 Å². The summed E-state index contributed by atoms with van der Waals surface area (Å²) in [7, 11) is -0.236. The van der Waals surface area contributed by atoms with Crippen molar-refractivity contribution in [2.45, 2.75) is 19.2 Å². The molecule has 0 saturated heterocycles. The van der Waals surface area contributed by atoms with E-state index < -0.39 is 0 Å². The van der Waals surface area contributed by atoms with E-state index in [9.17, 15) is 0 Å². The molecule has 0 saturated carbocycles. The molecular formula is C25H21P. The Morgan fingerprint density at radius 1 is 0.692 bits per heavy atom. The predicted molar refractivity (Wildman–Crippen MR) is 115 cm³/mol. The number of rotatable bonds is 2. The SMILES string of the molecule is Cc1cc2c3c(cccc3c1)CP(c1ccccc1-c1ccccc1)C2. The van der Waals surface area contributed by atoms with Gasteiger partial charge in [0.2, 0.25) is 0 Å².